The van der Waals surface area contributed by atoms with Gasteiger partial charge in [0.2, 0.25) is 5.91 Å². The molecule has 2 fully saturated rings. The predicted octanol–water partition coefficient (Wildman–Crippen LogP) is 3.09. The lowest BCUT2D eigenvalue weighted by atomic mass is 9.84. The van der Waals surface area contributed by atoms with Gasteiger partial charge in [-0.05, 0) is 55.0 Å². The molecule has 1 heterocycles. The minimum Gasteiger partial charge on any atom is -0.366 e. The average molecular weight is 440 g/mol. The van der Waals surface area contributed by atoms with Gasteiger partial charge >= 0.3 is 5.97 Å². The van der Waals surface area contributed by atoms with Crippen molar-refractivity contribution in [2.24, 2.45) is 5.92 Å². The van der Waals surface area contributed by atoms with E-state index in [0.29, 0.717) is 24.4 Å². The first kappa shape index (κ1) is 22.4. The molecular formula is C25H30FN3O3. The molecule has 1 saturated heterocycles. The standard InChI is InChI=1S/C25H30FN3O3/c26-21-12-10-18(11-13-21)14-22-16-29(17-24(30)27-22)15-20-8-4-5-9-23(20)28-32-25(31)19-6-2-1-3-7-19/h1-3,6-7,10-13,20,22-23,28H,4-5,8-9,14-17H2,(H,27,30)/t20-,22-,23+/m0/s1. The van der Waals surface area contributed by atoms with E-state index in [9.17, 15) is 14.0 Å². The number of hydrogen-bond acceptors (Lipinski definition) is 5. The van der Waals surface area contributed by atoms with Gasteiger partial charge in [-0.1, -0.05) is 43.2 Å². The highest BCUT2D eigenvalue weighted by molar-refractivity contribution is 5.89. The zero-order chi connectivity index (χ0) is 22.3. The third-order valence-electron chi connectivity index (χ3n) is 6.32. The number of nitrogens with one attached hydrogen (secondary N) is 2. The number of rotatable bonds is 7. The average Bonchev–Trinajstić information content (AvgIpc) is 2.80. The summed E-state index contributed by atoms with van der Waals surface area (Å²) in [6.45, 7) is 1.89. The van der Waals surface area contributed by atoms with E-state index >= 15 is 0 Å². The fraction of sp³-hybridized carbons (Fsp3) is 0.440. The zero-order valence-electron chi connectivity index (χ0n) is 18.1. The summed E-state index contributed by atoms with van der Waals surface area (Å²) < 4.78 is 13.2. The molecule has 1 aliphatic carbocycles. The highest BCUT2D eigenvalue weighted by Crippen LogP contribution is 2.26. The SMILES string of the molecule is O=C1CN(C[C@@H]2CCCC[C@H]2NOC(=O)c2ccccc2)C[C@H](Cc2ccc(F)cc2)N1. The third kappa shape index (κ3) is 6.14. The van der Waals surface area contributed by atoms with E-state index < -0.39 is 0 Å². The highest BCUT2D eigenvalue weighted by atomic mass is 19.1. The van der Waals surface area contributed by atoms with Crippen molar-refractivity contribution in [1.82, 2.24) is 15.7 Å². The van der Waals surface area contributed by atoms with Crippen molar-refractivity contribution in [3.05, 3.63) is 71.5 Å². The molecule has 1 saturated carbocycles. The van der Waals surface area contributed by atoms with Gasteiger partial charge in [0.25, 0.3) is 0 Å². The van der Waals surface area contributed by atoms with E-state index in [0.717, 1.165) is 44.3 Å². The van der Waals surface area contributed by atoms with Crippen molar-refractivity contribution in [3.63, 3.8) is 0 Å². The molecule has 3 atom stereocenters. The second kappa shape index (κ2) is 10.7. The molecule has 1 amide bonds. The smallest absolute Gasteiger partial charge is 0.356 e. The Hall–Kier alpha value is -2.77. The minimum atomic E-state index is -0.383. The van der Waals surface area contributed by atoms with Gasteiger partial charge in [0.05, 0.1) is 12.1 Å². The van der Waals surface area contributed by atoms with Crippen LogP contribution in [0.4, 0.5) is 4.39 Å². The number of piperazine rings is 1. The monoisotopic (exact) mass is 439 g/mol. The van der Waals surface area contributed by atoms with Crippen LogP contribution in [0.5, 0.6) is 0 Å². The van der Waals surface area contributed by atoms with Crippen LogP contribution >= 0.6 is 0 Å². The maximum absolute atomic E-state index is 13.2. The van der Waals surface area contributed by atoms with Gasteiger partial charge in [-0.25, -0.2) is 9.18 Å². The van der Waals surface area contributed by atoms with Crippen LogP contribution < -0.4 is 10.8 Å². The van der Waals surface area contributed by atoms with Crippen LogP contribution in [0.15, 0.2) is 54.6 Å². The first-order chi connectivity index (χ1) is 15.6. The maximum Gasteiger partial charge on any atom is 0.356 e. The van der Waals surface area contributed by atoms with Gasteiger partial charge in [-0.2, -0.15) is 0 Å². The van der Waals surface area contributed by atoms with E-state index in [4.69, 9.17) is 4.84 Å². The Morgan fingerprint density at radius 1 is 1.09 bits per heavy atom. The summed E-state index contributed by atoms with van der Waals surface area (Å²) in [4.78, 5) is 32.2. The van der Waals surface area contributed by atoms with Crippen molar-refractivity contribution >= 4 is 11.9 Å². The number of hydrogen-bond donors (Lipinski definition) is 2. The van der Waals surface area contributed by atoms with E-state index in [2.05, 4.69) is 15.7 Å². The second-order valence-corrected chi connectivity index (χ2v) is 8.81. The van der Waals surface area contributed by atoms with E-state index in [-0.39, 0.29) is 29.8 Å². The summed E-state index contributed by atoms with van der Waals surface area (Å²) >= 11 is 0. The fourth-order valence-electron chi connectivity index (χ4n) is 4.73. The number of carbonyl (C=O) groups is 2. The molecule has 2 aromatic carbocycles. The molecule has 2 N–H and O–H groups in total. The Kier molecular flexibility index (Phi) is 7.50. The predicted molar refractivity (Wildman–Crippen MR) is 119 cm³/mol. The molecule has 0 aromatic heterocycles. The Morgan fingerprint density at radius 2 is 1.84 bits per heavy atom. The molecule has 2 aliphatic rings. The fourth-order valence-corrected chi connectivity index (χ4v) is 4.73. The lowest BCUT2D eigenvalue weighted by Crippen LogP contribution is -2.57. The Bertz CT molecular complexity index is 906. The van der Waals surface area contributed by atoms with Crippen LogP contribution in [0.1, 0.15) is 41.6 Å². The number of carbonyl (C=O) groups excluding carboxylic acids is 2. The molecule has 0 unspecified atom stereocenters. The molecule has 1 aliphatic heterocycles. The van der Waals surface area contributed by atoms with Crippen LogP contribution in [0.2, 0.25) is 0 Å². The van der Waals surface area contributed by atoms with Gasteiger partial charge in [-0.3, -0.25) is 9.69 Å². The molecule has 170 valence electrons. The first-order valence-electron chi connectivity index (χ1n) is 11.3. The van der Waals surface area contributed by atoms with Gasteiger partial charge in [0, 0.05) is 25.2 Å². The van der Waals surface area contributed by atoms with Crippen LogP contribution in [-0.4, -0.2) is 48.5 Å². The number of hydroxylamine groups is 1. The van der Waals surface area contributed by atoms with Crippen LogP contribution in [0, 0.1) is 11.7 Å². The molecular weight excluding hydrogens is 409 g/mol. The first-order valence-corrected chi connectivity index (χ1v) is 11.3. The Morgan fingerprint density at radius 3 is 2.62 bits per heavy atom. The summed E-state index contributed by atoms with van der Waals surface area (Å²) in [5, 5.41) is 3.06. The Balaban J connectivity index is 1.32. The minimum absolute atomic E-state index is 0.00683. The summed E-state index contributed by atoms with van der Waals surface area (Å²) in [7, 11) is 0. The third-order valence-corrected chi connectivity index (χ3v) is 6.32. The van der Waals surface area contributed by atoms with Crippen molar-refractivity contribution in [2.75, 3.05) is 19.6 Å². The van der Waals surface area contributed by atoms with Crippen molar-refractivity contribution < 1.29 is 18.8 Å². The summed E-state index contributed by atoms with van der Waals surface area (Å²) in [5.74, 6) is -0.331. The number of nitrogens with zero attached hydrogens (tertiary/aromatic N) is 1. The van der Waals surface area contributed by atoms with E-state index in [1.54, 1.807) is 24.3 Å². The molecule has 0 spiro atoms. The molecule has 0 radical (unpaired) electrons. The molecule has 32 heavy (non-hydrogen) atoms. The quantitative estimate of drug-likeness (QED) is 0.649. The molecule has 4 rings (SSSR count). The van der Waals surface area contributed by atoms with Gasteiger partial charge in [-0.15, -0.1) is 5.48 Å². The topological polar surface area (TPSA) is 70.7 Å². The summed E-state index contributed by atoms with van der Waals surface area (Å²) in [6, 6.07) is 15.4. The largest absolute Gasteiger partial charge is 0.366 e. The summed E-state index contributed by atoms with van der Waals surface area (Å²) in [6.07, 6.45) is 4.86. The molecule has 0 bridgehead atoms. The van der Waals surface area contributed by atoms with Crippen molar-refractivity contribution in [1.29, 1.82) is 0 Å². The van der Waals surface area contributed by atoms with Crippen LogP contribution in [0.3, 0.4) is 0 Å². The van der Waals surface area contributed by atoms with Crippen molar-refractivity contribution in [2.45, 2.75) is 44.2 Å². The summed E-state index contributed by atoms with van der Waals surface area (Å²) in [5.41, 5.74) is 4.54. The lowest BCUT2D eigenvalue weighted by molar-refractivity contribution is -0.125. The van der Waals surface area contributed by atoms with Crippen LogP contribution in [0.25, 0.3) is 0 Å². The van der Waals surface area contributed by atoms with Crippen LogP contribution in [-0.2, 0) is 16.1 Å². The molecule has 2 aromatic rings. The zero-order valence-corrected chi connectivity index (χ0v) is 18.1. The molecule has 7 heteroatoms. The van der Waals surface area contributed by atoms with Crippen molar-refractivity contribution in [3.8, 4) is 0 Å². The van der Waals surface area contributed by atoms with Gasteiger partial charge in [0.15, 0.2) is 0 Å². The van der Waals surface area contributed by atoms with E-state index in [1.165, 1.54) is 12.1 Å². The molecule has 6 nitrogen and oxygen atoms in total. The van der Waals surface area contributed by atoms with Gasteiger partial charge < -0.3 is 10.2 Å². The normalized spacial score (nSPS) is 24.0. The van der Waals surface area contributed by atoms with E-state index in [1.807, 2.05) is 18.2 Å². The number of benzene rings is 2. The second-order valence-electron chi connectivity index (χ2n) is 8.81. The maximum atomic E-state index is 13.2. The Labute approximate surface area is 188 Å². The lowest BCUT2D eigenvalue weighted by Gasteiger charge is -2.39. The van der Waals surface area contributed by atoms with Gasteiger partial charge in [0.1, 0.15) is 5.82 Å². The number of halogens is 1. The number of amides is 1. The highest BCUT2D eigenvalue weighted by Gasteiger charge is 2.31.